The van der Waals surface area contributed by atoms with Crippen molar-refractivity contribution in [1.82, 2.24) is 19.8 Å². The average Bonchev–Trinajstić information content (AvgIpc) is 3.28. The standard InChI is InChI=1S/C37H35Cl2F4N7O2S/c38-24-10-21-29(28(42)27(24)20-4-5-25(41)30-26(20)22(13-44)31(45)53-30)46-34(52-18-36-7-3-9-50(36)14-19(40)11-36)47-32(21)48-8-2-1-6-35(15-48)16-49(17-35)33(51)23-12-37(23,39)43/h4-5,10,19,23H,1-3,6-9,11-12,14-18,45H2/t19-,23?,36+,37?/m1/s1. The molecule has 16 heteroatoms. The number of ether oxygens (including phenoxy) is 1. The van der Waals surface area contributed by atoms with Gasteiger partial charge in [-0.1, -0.05) is 35.7 Å². The maximum atomic E-state index is 17.2. The summed E-state index contributed by atoms with van der Waals surface area (Å²) in [4.78, 5) is 28.2. The number of nitrogen functional groups attached to an aromatic ring is 1. The molecule has 5 aliphatic rings. The SMILES string of the molecule is N#Cc1c(N)sc2c(F)ccc(-c3c(Cl)cc4c(N5CCCCC6(CN(C(=O)C7CC7(F)Cl)C6)C5)nc(OC[C@@]56CCCN5C[C@H](F)C6)nc4c3F)c12. The maximum Gasteiger partial charge on any atom is 0.319 e. The zero-order valence-corrected chi connectivity index (χ0v) is 30.9. The molecule has 4 atom stereocenters. The lowest BCUT2D eigenvalue weighted by molar-refractivity contribution is -0.145. The van der Waals surface area contributed by atoms with Gasteiger partial charge in [-0.3, -0.25) is 9.69 Å². The molecule has 6 heterocycles. The van der Waals surface area contributed by atoms with Crippen molar-refractivity contribution >= 4 is 72.3 Å². The summed E-state index contributed by atoms with van der Waals surface area (Å²) in [5.41, 5.74) is 5.34. The van der Waals surface area contributed by atoms with Gasteiger partial charge in [-0.15, -0.1) is 11.3 Å². The van der Waals surface area contributed by atoms with E-state index in [1.807, 2.05) is 6.07 Å². The number of rotatable bonds is 6. The lowest BCUT2D eigenvalue weighted by Gasteiger charge is -2.51. The zero-order chi connectivity index (χ0) is 37.0. The number of likely N-dealkylation sites (tertiary alicyclic amines) is 1. The van der Waals surface area contributed by atoms with Crippen LogP contribution in [0.15, 0.2) is 18.2 Å². The molecular weight excluding hydrogens is 753 g/mol. The van der Waals surface area contributed by atoms with E-state index in [2.05, 4.69) is 14.8 Å². The van der Waals surface area contributed by atoms with E-state index in [-0.39, 0.29) is 72.7 Å². The van der Waals surface area contributed by atoms with Gasteiger partial charge in [0.05, 0.1) is 26.7 Å². The highest BCUT2D eigenvalue weighted by Crippen LogP contribution is 2.54. The van der Waals surface area contributed by atoms with Crippen molar-refractivity contribution in [3.05, 3.63) is 40.4 Å². The van der Waals surface area contributed by atoms with Crippen LogP contribution in [0.5, 0.6) is 6.01 Å². The first kappa shape index (κ1) is 35.1. The van der Waals surface area contributed by atoms with Gasteiger partial charge in [0.15, 0.2) is 10.9 Å². The number of aromatic nitrogens is 2. The van der Waals surface area contributed by atoms with Crippen LogP contribution >= 0.6 is 34.5 Å². The number of alkyl halides is 3. The fraction of sp³-hybridized carbons (Fsp3) is 0.514. The van der Waals surface area contributed by atoms with Gasteiger partial charge in [0, 0.05) is 67.3 Å². The van der Waals surface area contributed by atoms with Crippen molar-refractivity contribution in [3.8, 4) is 23.2 Å². The van der Waals surface area contributed by atoms with Crippen LogP contribution < -0.4 is 15.4 Å². The molecule has 1 amide bonds. The fourth-order valence-electron chi connectivity index (χ4n) is 9.29. The van der Waals surface area contributed by atoms with E-state index in [1.165, 1.54) is 12.1 Å². The van der Waals surface area contributed by atoms with Gasteiger partial charge in [0.1, 0.15) is 41.0 Å². The minimum absolute atomic E-state index is 0.000632. The number of nitriles is 1. The topological polar surface area (TPSA) is 112 Å². The Bertz CT molecular complexity index is 2240. The summed E-state index contributed by atoms with van der Waals surface area (Å²) < 4.78 is 67.4. The number of carbonyl (C=O) groups excluding carboxylic acids is 1. The first-order valence-electron chi connectivity index (χ1n) is 17.9. The molecule has 4 aromatic rings. The van der Waals surface area contributed by atoms with E-state index in [1.54, 1.807) is 11.0 Å². The normalized spacial score (nSPS) is 27.9. The van der Waals surface area contributed by atoms with Gasteiger partial charge in [0.2, 0.25) is 5.91 Å². The Kier molecular flexibility index (Phi) is 8.24. The van der Waals surface area contributed by atoms with Crippen molar-refractivity contribution in [1.29, 1.82) is 5.26 Å². The number of halogens is 6. The molecule has 278 valence electrons. The van der Waals surface area contributed by atoms with Crippen molar-refractivity contribution < 1.29 is 27.1 Å². The molecule has 2 unspecified atom stereocenters. The summed E-state index contributed by atoms with van der Waals surface area (Å²) in [6.07, 6.45) is 3.54. The summed E-state index contributed by atoms with van der Waals surface area (Å²) in [6.45, 7) is 3.15. The average molecular weight is 789 g/mol. The molecule has 1 aliphatic carbocycles. The minimum atomic E-state index is -1.97. The van der Waals surface area contributed by atoms with Gasteiger partial charge in [-0.2, -0.15) is 15.2 Å². The third-order valence-corrected chi connectivity index (χ3v) is 13.7. The fourth-order valence-corrected chi connectivity index (χ4v) is 10.8. The molecule has 2 aromatic carbocycles. The number of benzene rings is 2. The van der Waals surface area contributed by atoms with Crippen LogP contribution in [-0.4, -0.2) is 88.4 Å². The van der Waals surface area contributed by atoms with Crippen LogP contribution in [0.2, 0.25) is 5.02 Å². The predicted molar refractivity (Wildman–Crippen MR) is 196 cm³/mol. The molecule has 9 nitrogen and oxygen atoms in total. The van der Waals surface area contributed by atoms with E-state index in [9.17, 15) is 23.2 Å². The number of anilines is 2. The van der Waals surface area contributed by atoms with Crippen LogP contribution in [0.3, 0.4) is 0 Å². The van der Waals surface area contributed by atoms with Crippen LogP contribution in [0.1, 0.15) is 50.5 Å². The number of hydrogen-bond donors (Lipinski definition) is 1. The maximum absolute atomic E-state index is 17.2. The second-order valence-electron chi connectivity index (χ2n) is 15.5. The van der Waals surface area contributed by atoms with Gasteiger partial charge in [-0.05, 0) is 49.9 Å². The summed E-state index contributed by atoms with van der Waals surface area (Å²) >= 11 is 13.6. The molecule has 9 rings (SSSR count). The first-order valence-corrected chi connectivity index (χ1v) is 19.4. The number of nitrogens with two attached hydrogens (primary N) is 1. The second-order valence-corrected chi connectivity index (χ2v) is 17.6. The molecule has 2 N–H and O–H groups in total. The van der Waals surface area contributed by atoms with Crippen molar-refractivity contribution in [3.63, 3.8) is 0 Å². The largest absolute Gasteiger partial charge is 0.461 e. The molecule has 4 aliphatic heterocycles. The lowest BCUT2D eigenvalue weighted by Crippen LogP contribution is -2.62. The Morgan fingerprint density at radius 2 is 1.92 bits per heavy atom. The van der Waals surface area contributed by atoms with Crippen LogP contribution in [0, 0.1) is 34.3 Å². The summed E-state index contributed by atoms with van der Waals surface area (Å²) in [5, 5.41) is 8.54. The molecule has 1 spiro atoms. The smallest absolute Gasteiger partial charge is 0.319 e. The molecule has 1 saturated carbocycles. The first-order chi connectivity index (χ1) is 25.3. The number of nitrogens with zero attached hydrogens (tertiary/aromatic N) is 6. The van der Waals surface area contributed by atoms with Gasteiger partial charge in [-0.25, -0.2) is 17.6 Å². The lowest BCUT2D eigenvalue weighted by atomic mass is 9.75. The molecule has 4 saturated heterocycles. The number of fused-ring (bicyclic) bond motifs is 3. The number of thiophene rings is 1. The van der Waals surface area contributed by atoms with Crippen LogP contribution in [0.4, 0.5) is 28.4 Å². The minimum Gasteiger partial charge on any atom is -0.461 e. The van der Waals surface area contributed by atoms with E-state index in [0.29, 0.717) is 50.3 Å². The Labute approximate surface area is 316 Å². The Morgan fingerprint density at radius 3 is 2.68 bits per heavy atom. The van der Waals surface area contributed by atoms with Crippen LogP contribution in [-0.2, 0) is 4.79 Å². The van der Waals surface area contributed by atoms with Gasteiger partial charge in [0.25, 0.3) is 0 Å². The van der Waals surface area contributed by atoms with Crippen molar-refractivity contribution in [2.45, 2.75) is 61.8 Å². The number of amides is 1. The highest BCUT2D eigenvalue weighted by atomic mass is 35.5. The molecule has 5 fully saturated rings. The van der Waals surface area contributed by atoms with Gasteiger partial charge >= 0.3 is 6.01 Å². The Balaban J connectivity index is 1.14. The third kappa shape index (κ3) is 5.67. The summed E-state index contributed by atoms with van der Waals surface area (Å²) in [6, 6.07) is 6.09. The van der Waals surface area contributed by atoms with Crippen molar-refractivity contribution in [2.24, 2.45) is 11.3 Å². The highest BCUT2D eigenvalue weighted by Gasteiger charge is 2.62. The van der Waals surface area contributed by atoms with E-state index in [0.717, 1.165) is 50.0 Å². The van der Waals surface area contributed by atoms with E-state index >= 15 is 4.39 Å². The molecule has 0 radical (unpaired) electrons. The zero-order valence-electron chi connectivity index (χ0n) is 28.5. The molecular formula is C37H35Cl2F4N7O2S. The van der Waals surface area contributed by atoms with Gasteiger partial charge < -0.3 is 20.3 Å². The third-order valence-electron chi connectivity index (χ3n) is 12.0. The van der Waals surface area contributed by atoms with E-state index in [4.69, 9.17) is 38.7 Å². The van der Waals surface area contributed by atoms with E-state index < -0.39 is 34.4 Å². The molecule has 53 heavy (non-hydrogen) atoms. The van der Waals surface area contributed by atoms with Crippen molar-refractivity contribution in [2.75, 3.05) is 56.5 Å². The number of hydrogen-bond acceptors (Lipinski definition) is 9. The quantitative estimate of drug-likeness (QED) is 0.157. The Hall–Kier alpha value is -3.64. The highest BCUT2D eigenvalue weighted by molar-refractivity contribution is 7.23. The second kappa shape index (κ2) is 12.4. The monoisotopic (exact) mass is 787 g/mol. The summed E-state index contributed by atoms with van der Waals surface area (Å²) in [7, 11) is 0. The summed E-state index contributed by atoms with van der Waals surface area (Å²) in [5.74, 6) is -2.12. The molecule has 0 bridgehead atoms. The Morgan fingerprint density at radius 1 is 1.13 bits per heavy atom. The number of carbonyl (C=O) groups is 1. The van der Waals surface area contributed by atoms with Crippen LogP contribution in [0.25, 0.3) is 32.1 Å². The predicted octanol–water partition coefficient (Wildman–Crippen LogP) is 7.60. The molecule has 2 aromatic heterocycles.